The average molecular weight is 395 g/mol. The third kappa shape index (κ3) is 3.96. The number of anilines is 2. The van der Waals surface area contributed by atoms with Crippen molar-refractivity contribution in [3.63, 3.8) is 0 Å². The number of aryl methyl sites for hydroxylation is 1. The summed E-state index contributed by atoms with van der Waals surface area (Å²) in [5.74, 6) is 3.26. The second-order valence-corrected chi connectivity index (χ2v) is 7.29. The van der Waals surface area contributed by atoms with Gasteiger partial charge in [-0.3, -0.25) is 4.79 Å². The Bertz CT molecular complexity index is 1010. The van der Waals surface area contributed by atoms with Crippen LogP contribution in [0, 0.1) is 6.92 Å². The molecule has 1 atom stereocenters. The minimum atomic E-state index is 0.0586. The van der Waals surface area contributed by atoms with Crippen LogP contribution >= 0.6 is 0 Å². The molecule has 0 saturated carbocycles. The van der Waals surface area contributed by atoms with Gasteiger partial charge in [0.1, 0.15) is 17.3 Å². The zero-order valence-corrected chi connectivity index (χ0v) is 16.9. The number of rotatable bonds is 6. The van der Waals surface area contributed by atoms with E-state index >= 15 is 0 Å². The summed E-state index contributed by atoms with van der Waals surface area (Å²) in [7, 11) is 1.63. The summed E-state index contributed by atoms with van der Waals surface area (Å²) in [5.41, 5.74) is 1.78. The number of benzene rings is 1. The van der Waals surface area contributed by atoms with Crippen LogP contribution in [0.25, 0.3) is 0 Å². The van der Waals surface area contributed by atoms with Gasteiger partial charge in [-0.15, -0.1) is 0 Å². The summed E-state index contributed by atoms with van der Waals surface area (Å²) >= 11 is 0. The molecule has 152 valence electrons. The van der Waals surface area contributed by atoms with Crippen molar-refractivity contribution >= 4 is 17.4 Å². The lowest BCUT2D eigenvalue weighted by Gasteiger charge is -2.28. The molecule has 1 N–H and O–H groups in total. The largest absolute Gasteiger partial charge is 0.497 e. The Hall–Kier alpha value is -3.29. The standard InChI is InChI=1S/C21H25N5O3/c1-14(26-10-8-22-15(26)2)11-20(27)25-9-7-19-18(13-25)21(24-29-19)23-16-5-4-6-17(12-16)28-3/h4-6,8,10,12,14H,7,9,11,13H2,1-3H3,(H,23,24). The molecule has 4 rings (SSSR count). The fourth-order valence-electron chi connectivity index (χ4n) is 3.69. The summed E-state index contributed by atoms with van der Waals surface area (Å²) in [6.07, 6.45) is 4.76. The number of fused-ring (bicyclic) bond motifs is 1. The molecule has 0 spiro atoms. The quantitative estimate of drug-likeness (QED) is 0.688. The molecule has 1 aromatic carbocycles. The normalized spacial score (nSPS) is 14.4. The molecule has 0 bridgehead atoms. The van der Waals surface area contributed by atoms with Crippen LogP contribution in [-0.2, 0) is 17.8 Å². The minimum absolute atomic E-state index is 0.0586. The Balaban J connectivity index is 1.46. The number of hydrogen-bond acceptors (Lipinski definition) is 6. The fourth-order valence-corrected chi connectivity index (χ4v) is 3.69. The number of imidazole rings is 1. The Morgan fingerprint density at radius 2 is 2.28 bits per heavy atom. The maximum absolute atomic E-state index is 12.9. The molecule has 0 fully saturated rings. The lowest BCUT2D eigenvalue weighted by molar-refractivity contribution is -0.132. The van der Waals surface area contributed by atoms with Crippen LogP contribution in [0.2, 0.25) is 0 Å². The molecule has 2 aromatic heterocycles. The van der Waals surface area contributed by atoms with Gasteiger partial charge in [0.15, 0.2) is 5.82 Å². The number of carbonyl (C=O) groups excluding carboxylic acids is 1. The first-order valence-corrected chi connectivity index (χ1v) is 9.71. The van der Waals surface area contributed by atoms with E-state index in [9.17, 15) is 4.79 Å². The van der Waals surface area contributed by atoms with Crippen molar-refractivity contribution in [2.75, 3.05) is 19.0 Å². The molecule has 29 heavy (non-hydrogen) atoms. The number of methoxy groups -OCH3 is 1. The molecule has 1 amide bonds. The summed E-state index contributed by atoms with van der Waals surface area (Å²) < 4.78 is 12.8. The maximum Gasteiger partial charge on any atom is 0.224 e. The summed E-state index contributed by atoms with van der Waals surface area (Å²) in [6.45, 7) is 5.10. The molecule has 8 nitrogen and oxygen atoms in total. The van der Waals surface area contributed by atoms with Gasteiger partial charge >= 0.3 is 0 Å². The Morgan fingerprint density at radius 1 is 1.41 bits per heavy atom. The van der Waals surface area contributed by atoms with Crippen molar-refractivity contribution in [1.29, 1.82) is 0 Å². The SMILES string of the molecule is COc1cccc(Nc2noc3c2CN(C(=O)CC(C)n2ccnc2C)CC3)c1. The Labute approximate surface area is 169 Å². The molecule has 3 heterocycles. The number of aromatic nitrogens is 3. The molecule has 1 unspecified atom stereocenters. The van der Waals surface area contributed by atoms with E-state index in [1.165, 1.54) is 0 Å². The van der Waals surface area contributed by atoms with E-state index in [-0.39, 0.29) is 11.9 Å². The second kappa shape index (κ2) is 7.98. The number of ether oxygens (including phenoxy) is 1. The van der Waals surface area contributed by atoms with E-state index in [1.807, 2.05) is 53.8 Å². The summed E-state index contributed by atoms with van der Waals surface area (Å²) in [6, 6.07) is 7.67. The van der Waals surface area contributed by atoms with Gasteiger partial charge in [-0.05, 0) is 26.0 Å². The topological polar surface area (TPSA) is 85.4 Å². The predicted octanol–water partition coefficient (Wildman–Crippen LogP) is 3.47. The number of carbonyl (C=O) groups is 1. The van der Waals surface area contributed by atoms with Crippen LogP contribution in [0.1, 0.15) is 36.5 Å². The summed E-state index contributed by atoms with van der Waals surface area (Å²) in [5, 5.41) is 7.46. The Kier molecular flexibility index (Phi) is 5.24. The highest BCUT2D eigenvalue weighted by Crippen LogP contribution is 2.30. The number of hydrogen-bond donors (Lipinski definition) is 1. The van der Waals surface area contributed by atoms with Gasteiger partial charge < -0.3 is 24.0 Å². The summed E-state index contributed by atoms with van der Waals surface area (Å²) in [4.78, 5) is 19.0. The lowest BCUT2D eigenvalue weighted by atomic mass is 10.1. The van der Waals surface area contributed by atoms with Crippen LogP contribution in [0.5, 0.6) is 5.75 Å². The molecule has 0 saturated heterocycles. The molecule has 1 aliphatic rings. The third-order valence-electron chi connectivity index (χ3n) is 5.32. The first kappa shape index (κ1) is 19.0. The molecule has 3 aromatic rings. The molecule has 0 radical (unpaired) electrons. The number of nitrogens with one attached hydrogen (secondary N) is 1. The van der Waals surface area contributed by atoms with Gasteiger partial charge in [0.2, 0.25) is 5.91 Å². The lowest BCUT2D eigenvalue weighted by Crippen LogP contribution is -2.36. The third-order valence-corrected chi connectivity index (χ3v) is 5.32. The molecule has 8 heteroatoms. The van der Waals surface area contributed by atoms with Gasteiger partial charge in [-0.2, -0.15) is 0 Å². The monoisotopic (exact) mass is 395 g/mol. The fraction of sp³-hybridized carbons (Fsp3) is 0.381. The van der Waals surface area contributed by atoms with E-state index in [2.05, 4.69) is 15.5 Å². The van der Waals surface area contributed by atoms with E-state index < -0.39 is 0 Å². The van der Waals surface area contributed by atoms with Crippen molar-refractivity contribution in [1.82, 2.24) is 19.6 Å². The van der Waals surface area contributed by atoms with Gasteiger partial charge in [0.25, 0.3) is 0 Å². The van der Waals surface area contributed by atoms with Gasteiger partial charge in [-0.25, -0.2) is 4.98 Å². The molecule has 1 aliphatic heterocycles. The predicted molar refractivity (Wildman–Crippen MR) is 108 cm³/mol. The zero-order chi connectivity index (χ0) is 20.4. The average Bonchev–Trinajstić information content (AvgIpc) is 3.34. The van der Waals surface area contributed by atoms with Crippen molar-refractivity contribution in [3.8, 4) is 5.75 Å². The highest BCUT2D eigenvalue weighted by Gasteiger charge is 2.28. The van der Waals surface area contributed by atoms with E-state index in [4.69, 9.17) is 9.26 Å². The van der Waals surface area contributed by atoms with Gasteiger partial charge in [-0.1, -0.05) is 11.2 Å². The highest BCUT2D eigenvalue weighted by molar-refractivity contribution is 5.77. The van der Waals surface area contributed by atoms with Crippen LogP contribution in [0.15, 0.2) is 41.2 Å². The van der Waals surface area contributed by atoms with E-state index in [0.29, 0.717) is 31.7 Å². The van der Waals surface area contributed by atoms with E-state index in [0.717, 1.165) is 28.6 Å². The number of nitrogens with zero attached hydrogens (tertiary/aromatic N) is 4. The molecule has 0 aliphatic carbocycles. The first-order valence-electron chi connectivity index (χ1n) is 9.71. The number of amides is 1. The van der Waals surface area contributed by atoms with E-state index in [1.54, 1.807) is 13.3 Å². The first-order chi connectivity index (χ1) is 14.0. The molecular formula is C21H25N5O3. The Morgan fingerprint density at radius 3 is 3.03 bits per heavy atom. The molecular weight excluding hydrogens is 370 g/mol. The van der Waals surface area contributed by atoms with Crippen LogP contribution in [-0.4, -0.2) is 39.2 Å². The van der Waals surface area contributed by atoms with Gasteiger partial charge in [0.05, 0.1) is 19.2 Å². The minimum Gasteiger partial charge on any atom is -0.497 e. The van der Waals surface area contributed by atoms with Crippen LogP contribution in [0.4, 0.5) is 11.5 Å². The van der Waals surface area contributed by atoms with Crippen LogP contribution < -0.4 is 10.1 Å². The van der Waals surface area contributed by atoms with Crippen molar-refractivity contribution < 1.29 is 14.1 Å². The highest BCUT2D eigenvalue weighted by atomic mass is 16.5. The van der Waals surface area contributed by atoms with Gasteiger partial charge in [0, 0.05) is 49.6 Å². The second-order valence-electron chi connectivity index (χ2n) is 7.29. The van der Waals surface area contributed by atoms with Crippen LogP contribution in [0.3, 0.4) is 0 Å². The van der Waals surface area contributed by atoms with Crippen molar-refractivity contribution in [2.24, 2.45) is 0 Å². The van der Waals surface area contributed by atoms with Crippen molar-refractivity contribution in [2.45, 2.75) is 39.3 Å². The van der Waals surface area contributed by atoms with Crippen molar-refractivity contribution in [3.05, 3.63) is 53.8 Å². The maximum atomic E-state index is 12.9. The smallest absolute Gasteiger partial charge is 0.224 e. The zero-order valence-electron chi connectivity index (χ0n) is 16.9.